The van der Waals surface area contributed by atoms with E-state index in [0.717, 1.165) is 49.6 Å². The molecule has 0 N–H and O–H groups in total. The predicted molar refractivity (Wildman–Crippen MR) is 82.5 cm³/mol. The number of ketones is 1. The van der Waals surface area contributed by atoms with Crippen LogP contribution in [0.2, 0.25) is 0 Å². The van der Waals surface area contributed by atoms with Crippen LogP contribution in [0.3, 0.4) is 0 Å². The van der Waals surface area contributed by atoms with Gasteiger partial charge in [-0.05, 0) is 26.3 Å². The van der Waals surface area contributed by atoms with Crippen LogP contribution < -0.4 is 0 Å². The molecule has 1 aliphatic heterocycles. The number of nitrogens with zero attached hydrogens (tertiary/aromatic N) is 3. The third-order valence-electron chi connectivity index (χ3n) is 4.48. The topological polar surface area (TPSA) is 45.6 Å². The zero-order valence-corrected chi connectivity index (χ0v) is 13.5. The van der Waals surface area contributed by atoms with Crippen molar-refractivity contribution in [1.82, 2.24) is 14.4 Å². The van der Waals surface area contributed by atoms with Crippen LogP contribution in [0.1, 0.15) is 35.1 Å². The average Bonchev–Trinajstić information content (AvgIpc) is 2.62. The van der Waals surface area contributed by atoms with Gasteiger partial charge in [-0.3, -0.25) is 14.5 Å². The van der Waals surface area contributed by atoms with Crippen molar-refractivity contribution in [2.24, 2.45) is 7.05 Å². The second kappa shape index (κ2) is 6.43. The van der Waals surface area contributed by atoms with E-state index in [-0.39, 0.29) is 11.7 Å². The van der Waals surface area contributed by atoms with E-state index in [9.17, 15) is 9.59 Å². The molecule has 0 radical (unpaired) electrons. The molecule has 1 aromatic rings. The Balaban J connectivity index is 1.99. The quantitative estimate of drug-likeness (QED) is 0.790. The Bertz CT molecular complexity index is 548. The zero-order valence-electron chi connectivity index (χ0n) is 13.5. The molecule has 5 nitrogen and oxygen atoms in total. The summed E-state index contributed by atoms with van der Waals surface area (Å²) in [6.45, 7) is 9.21. The van der Waals surface area contributed by atoms with Gasteiger partial charge in [-0.1, -0.05) is 0 Å². The summed E-state index contributed by atoms with van der Waals surface area (Å²) in [5, 5.41) is 0. The van der Waals surface area contributed by atoms with Gasteiger partial charge in [-0.15, -0.1) is 0 Å². The molecule has 2 heterocycles. The first-order valence-corrected chi connectivity index (χ1v) is 7.54. The molecule has 1 saturated heterocycles. The van der Waals surface area contributed by atoms with Gasteiger partial charge < -0.3 is 9.47 Å². The summed E-state index contributed by atoms with van der Waals surface area (Å²) in [6.07, 6.45) is 0.930. The normalized spacial score (nSPS) is 16.9. The van der Waals surface area contributed by atoms with E-state index in [2.05, 4.69) is 4.90 Å². The Hall–Kier alpha value is -1.62. The summed E-state index contributed by atoms with van der Waals surface area (Å²) in [5.74, 6) is 0.296. The minimum atomic E-state index is 0.123. The molecule has 0 saturated carbocycles. The van der Waals surface area contributed by atoms with Gasteiger partial charge in [0.2, 0.25) is 5.91 Å². The summed E-state index contributed by atoms with van der Waals surface area (Å²) in [7, 11) is 1.98. The number of carbonyl (C=O) groups excluding carboxylic acids is 2. The maximum Gasteiger partial charge on any atom is 0.219 e. The molecule has 1 aliphatic rings. The largest absolute Gasteiger partial charge is 0.351 e. The molecule has 0 atom stereocenters. The van der Waals surface area contributed by atoms with Gasteiger partial charge in [-0.25, -0.2) is 0 Å². The molecular formula is C16H25N3O2. The highest BCUT2D eigenvalue weighted by Gasteiger charge is 2.20. The number of hydrogen-bond donors (Lipinski definition) is 0. The van der Waals surface area contributed by atoms with Crippen molar-refractivity contribution in [2.75, 3.05) is 32.7 Å². The first-order valence-electron chi connectivity index (χ1n) is 7.54. The van der Waals surface area contributed by atoms with E-state index in [1.54, 1.807) is 6.92 Å². The molecular weight excluding hydrogens is 266 g/mol. The lowest BCUT2D eigenvalue weighted by Gasteiger charge is -2.20. The van der Waals surface area contributed by atoms with Crippen LogP contribution in [0.25, 0.3) is 0 Å². The Morgan fingerprint density at radius 3 is 2.43 bits per heavy atom. The number of aromatic nitrogens is 1. The molecule has 116 valence electrons. The lowest BCUT2D eigenvalue weighted by molar-refractivity contribution is -0.128. The number of Topliss-reactive ketones (excluding diaryl/α,β-unsaturated/α-hetero) is 1. The van der Waals surface area contributed by atoms with E-state index in [0.29, 0.717) is 6.54 Å². The first-order chi connectivity index (χ1) is 9.90. The number of hydrogen-bond acceptors (Lipinski definition) is 3. The molecule has 0 spiro atoms. The fourth-order valence-corrected chi connectivity index (χ4v) is 2.87. The first kappa shape index (κ1) is 15.8. The summed E-state index contributed by atoms with van der Waals surface area (Å²) in [5.41, 5.74) is 2.95. The molecule has 0 unspecified atom stereocenters. The Morgan fingerprint density at radius 2 is 1.86 bits per heavy atom. The zero-order chi connectivity index (χ0) is 15.6. The molecule has 1 fully saturated rings. The molecule has 2 rings (SSSR count). The molecule has 0 bridgehead atoms. The van der Waals surface area contributed by atoms with E-state index in [4.69, 9.17) is 0 Å². The van der Waals surface area contributed by atoms with Crippen molar-refractivity contribution in [3.8, 4) is 0 Å². The highest BCUT2D eigenvalue weighted by atomic mass is 16.2. The highest BCUT2D eigenvalue weighted by Crippen LogP contribution is 2.15. The van der Waals surface area contributed by atoms with Crippen molar-refractivity contribution in [3.05, 3.63) is 23.0 Å². The van der Waals surface area contributed by atoms with Gasteiger partial charge in [-0.2, -0.15) is 0 Å². The molecule has 1 aromatic heterocycles. The van der Waals surface area contributed by atoms with Crippen LogP contribution >= 0.6 is 0 Å². The number of rotatable bonds is 3. The van der Waals surface area contributed by atoms with Crippen LogP contribution in [-0.2, 0) is 11.8 Å². The summed E-state index contributed by atoms with van der Waals surface area (Å²) < 4.78 is 2.05. The van der Waals surface area contributed by atoms with Gasteiger partial charge in [0.15, 0.2) is 5.78 Å². The second-order valence-corrected chi connectivity index (χ2v) is 5.90. The predicted octanol–water partition coefficient (Wildman–Crippen LogP) is 1.38. The Kier molecular flexibility index (Phi) is 4.83. The fourth-order valence-electron chi connectivity index (χ4n) is 2.87. The maximum absolute atomic E-state index is 12.5. The SMILES string of the molecule is CC(=O)N1CCCN(CC(=O)c2cc(C)n(C)c2C)CC1. The molecule has 0 aliphatic carbocycles. The Morgan fingerprint density at radius 1 is 1.14 bits per heavy atom. The smallest absolute Gasteiger partial charge is 0.219 e. The summed E-state index contributed by atoms with van der Waals surface area (Å²) in [4.78, 5) is 27.9. The van der Waals surface area contributed by atoms with Crippen LogP contribution in [0.4, 0.5) is 0 Å². The van der Waals surface area contributed by atoms with Gasteiger partial charge in [0, 0.05) is 57.1 Å². The van der Waals surface area contributed by atoms with Gasteiger partial charge >= 0.3 is 0 Å². The Labute approximate surface area is 126 Å². The van der Waals surface area contributed by atoms with E-state index >= 15 is 0 Å². The van der Waals surface area contributed by atoms with Crippen LogP contribution in [0.15, 0.2) is 6.07 Å². The fraction of sp³-hybridized carbons (Fsp3) is 0.625. The number of amides is 1. The van der Waals surface area contributed by atoms with E-state index in [1.165, 1.54) is 0 Å². The minimum Gasteiger partial charge on any atom is -0.351 e. The van der Waals surface area contributed by atoms with Crippen LogP contribution in [-0.4, -0.2) is 58.8 Å². The molecule has 5 heteroatoms. The van der Waals surface area contributed by atoms with Crippen molar-refractivity contribution in [2.45, 2.75) is 27.2 Å². The standard InChI is InChI=1S/C16H25N3O2/c1-12-10-15(13(2)17(12)4)16(21)11-18-6-5-7-19(9-8-18)14(3)20/h10H,5-9,11H2,1-4H3. The van der Waals surface area contributed by atoms with Crippen molar-refractivity contribution in [1.29, 1.82) is 0 Å². The van der Waals surface area contributed by atoms with Crippen molar-refractivity contribution >= 4 is 11.7 Å². The summed E-state index contributed by atoms with van der Waals surface area (Å²) >= 11 is 0. The van der Waals surface area contributed by atoms with Crippen molar-refractivity contribution < 1.29 is 9.59 Å². The molecule has 21 heavy (non-hydrogen) atoms. The average molecular weight is 291 g/mol. The third-order valence-corrected chi connectivity index (χ3v) is 4.48. The lowest BCUT2D eigenvalue weighted by atomic mass is 10.1. The van der Waals surface area contributed by atoms with Crippen LogP contribution in [0.5, 0.6) is 0 Å². The van der Waals surface area contributed by atoms with Gasteiger partial charge in [0.25, 0.3) is 0 Å². The van der Waals surface area contributed by atoms with E-state index < -0.39 is 0 Å². The summed E-state index contributed by atoms with van der Waals surface area (Å²) in [6, 6.07) is 1.97. The molecule has 1 amide bonds. The number of carbonyl (C=O) groups is 2. The number of aryl methyl sites for hydroxylation is 1. The monoisotopic (exact) mass is 291 g/mol. The van der Waals surface area contributed by atoms with E-state index in [1.807, 2.05) is 36.4 Å². The third kappa shape index (κ3) is 3.53. The lowest BCUT2D eigenvalue weighted by Crippen LogP contribution is -2.35. The van der Waals surface area contributed by atoms with Gasteiger partial charge in [0.1, 0.15) is 0 Å². The highest BCUT2D eigenvalue weighted by molar-refractivity contribution is 5.99. The van der Waals surface area contributed by atoms with Crippen molar-refractivity contribution in [3.63, 3.8) is 0 Å². The van der Waals surface area contributed by atoms with Crippen LogP contribution in [0, 0.1) is 13.8 Å². The minimum absolute atomic E-state index is 0.123. The maximum atomic E-state index is 12.5. The molecule has 0 aromatic carbocycles. The van der Waals surface area contributed by atoms with Gasteiger partial charge in [0.05, 0.1) is 6.54 Å². The second-order valence-electron chi connectivity index (χ2n) is 5.90.